The Morgan fingerprint density at radius 2 is 0.985 bits per heavy atom. The maximum Gasteiger partial charge on any atom is 0.303 e. The fourth-order valence-corrected chi connectivity index (χ4v) is 16.9. The molecule has 6 rings (SSSR count). The fourth-order valence-electron chi connectivity index (χ4n) is 16.9. The number of aromatic nitrogens is 2. The smallest absolute Gasteiger partial charge is 0.303 e. The van der Waals surface area contributed by atoms with Crippen LogP contribution in [-0.2, 0) is 89.4 Å². The topological polar surface area (TPSA) is 569 Å². The lowest BCUT2D eigenvalue weighted by molar-refractivity contribution is -0.301. The van der Waals surface area contributed by atoms with Gasteiger partial charge in [0.05, 0.1) is 25.6 Å². The molecule has 137 heavy (non-hydrogen) atoms. The highest BCUT2D eigenvalue weighted by atomic mass is 16.7. The Kier molecular flexibility index (Phi) is 54.0. The molecule has 3 aromatic carbocycles. The Balaban J connectivity index is 1.23. The van der Waals surface area contributed by atoms with Crippen molar-refractivity contribution in [2.45, 2.75) is 363 Å². The Morgan fingerprint density at radius 3 is 1.50 bits per heavy atom. The van der Waals surface area contributed by atoms with Crippen molar-refractivity contribution in [3.63, 3.8) is 0 Å². The second-order valence-corrected chi connectivity index (χ2v) is 36.8. The van der Waals surface area contributed by atoms with Crippen LogP contribution in [-0.4, -0.2) is 259 Å². The van der Waals surface area contributed by atoms with Crippen LogP contribution in [0.5, 0.6) is 0 Å². The van der Waals surface area contributed by atoms with E-state index in [4.69, 9.17) is 15.2 Å². The van der Waals surface area contributed by atoms with Crippen LogP contribution in [0.1, 0.15) is 282 Å². The van der Waals surface area contributed by atoms with Crippen LogP contribution >= 0.6 is 0 Å². The van der Waals surface area contributed by atoms with Gasteiger partial charge in [-0.3, -0.25) is 67.1 Å². The molecule has 20 N–H and O–H groups in total. The zero-order chi connectivity index (χ0) is 100.0. The zero-order valence-electron chi connectivity index (χ0n) is 80.9. The number of hydrogen-bond donors (Lipinski definition) is 19. The molecule has 2 saturated heterocycles. The monoisotopic (exact) mass is 1920 g/mol. The second-order valence-electron chi connectivity index (χ2n) is 36.8. The number of H-pyrrole nitrogens is 1. The number of nitrogens with two attached hydrogens (primary N) is 1. The highest BCUT2D eigenvalue weighted by Gasteiger charge is 2.46. The molecule has 0 saturated carbocycles. The molecule has 762 valence electrons. The maximum atomic E-state index is 16.2. The number of aliphatic hydroxyl groups is 5. The van der Waals surface area contributed by atoms with Crippen molar-refractivity contribution in [3.8, 4) is 0 Å². The minimum atomic E-state index is -1.83. The fraction of sp³-hybridized carbons (Fsp3) is 0.650. The summed E-state index contributed by atoms with van der Waals surface area (Å²) < 4.78 is 11.0. The van der Waals surface area contributed by atoms with Gasteiger partial charge in [0, 0.05) is 95.0 Å². The summed E-state index contributed by atoms with van der Waals surface area (Å²) in [5.41, 5.74) is 7.88. The minimum absolute atomic E-state index is 0.0224. The first-order valence-electron chi connectivity index (χ1n) is 49.6. The van der Waals surface area contributed by atoms with Crippen LogP contribution in [0.25, 0.3) is 0 Å². The van der Waals surface area contributed by atoms with Gasteiger partial charge in [0.15, 0.2) is 6.29 Å². The number of benzene rings is 3. The number of hydrogen-bond acceptors (Lipinski definition) is 22. The summed E-state index contributed by atoms with van der Waals surface area (Å²) >= 11 is 0. The van der Waals surface area contributed by atoms with Gasteiger partial charge in [-0.1, -0.05) is 216 Å². The summed E-state index contributed by atoms with van der Waals surface area (Å²) in [5, 5.41) is 92.2. The van der Waals surface area contributed by atoms with Crippen molar-refractivity contribution in [1.82, 2.24) is 73.4 Å². The SMILES string of the molecule is CCCCCCCCCCCCCCCC(=O)NCCCCCC(=O)NCCCC[C@H](NC(=O)[C@@H](NC(=O)[C@H](CCCCNC(=O)CCCO[C@@H]1O[C@H](CO)[C@H](O)[C@H](O)[C@H]1O)NC(=O)[C@@H]1CCCN1C(=O)[C@@H](NC(=O)[C@H](Cc1cnc[nH]1)NC(=O)[C@@H](NC(=O)[C@H](CCC(=O)O)NC(=O)CC(C)C)[C@@H](C)O)C(c1ccccc1)c1ccccc1)[C@@H](C)CC)C(=O)N[C@H](CC(N)=O)Cc1ccccc1. The summed E-state index contributed by atoms with van der Waals surface area (Å²) in [6.45, 7) is 10.4. The first-order valence-corrected chi connectivity index (χ1v) is 49.6. The molecule has 4 aromatic rings. The Bertz CT molecular complexity index is 4250. The van der Waals surface area contributed by atoms with Crippen molar-refractivity contribution in [3.05, 3.63) is 126 Å². The van der Waals surface area contributed by atoms with E-state index in [-0.39, 0.29) is 127 Å². The number of imidazole rings is 1. The standard InChI is InChI=1S/C100H155N15O22/c1-7-9-10-11-12-13-14-15-16-17-18-19-30-48-80(119)103-53-34-23-31-49-81(120)104-54-35-32-45-73(92(128)107-71(61-79(101)118)59-68-39-24-20-25-40-68)110-97(133)86(66(5)8-2)112-93(129)74(46-33-36-55-105-82(121)50-38-57-136-100-91(127)90(126)89(125)78(63-116)137-100)109-96(132)77-47-37-56-115(77)99(135)88(85(69-41-26-21-27-42-69)70-43-28-22-29-44-70)114-95(131)76(60-72-62-102-64-106-72)111-98(134)87(67(6)117)113-94(130)75(51-52-84(123)124)108-83(122)58-65(3)4/h20-22,24-29,39-44,62,64-67,71,73-78,85-91,100,116-117,125-127H,7-19,23,30-38,45-61,63H2,1-6H3,(H2,101,118)(H,102,106)(H,103,119)(H,104,120)(H,105,121)(H,107,128)(H,108,122)(H,109,132)(H,110,133)(H,111,134)(H,112,129)(H,113,130)(H,114,131)(H,123,124)/t66-,67+,71-,73-,74-,75-,76-,77-,78+,86-,87-,88-,89-,90-,91+,100+/m0/s1. The molecule has 0 spiro atoms. The third-order valence-corrected chi connectivity index (χ3v) is 24.9. The molecule has 0 aliphatic carbocycles. The maximum absolute atomic E-state index is 16.2. The van der Waals surface area contributed by atoms with Gasteiger partial charge in [-0.25, -0.2) is 4.98 Å². The van der Waals surface area contributed by atoms with E-state index < -0.39 is 193 Å². The predicted molar refractivity (Wildman–Crippen MR) is 513 cm³/mol. The second kappa shape index (κ2) is 64.4. The van der Waals surface area contributed by atoms with Crippen molar-refractivity contribution in [2.24, 2.45) is 17.6 Å². The molecule has 3 heterocycles. The molecule has 0 radical (unpaired) electrons. The molecule has 37 nitrogen and oxygen atoms in total. The van der Waals surface area contributed by atoms with Crippen LogP contribution in [0.2, 0.25) is 0 Å². The Hall–Kier alpha value is -10.8. The number of carboxylic acid groups (broad SMARTS) is 1. The number of likely N-dealkylation sites (tertiary alicyclic amines) is 1. The first kappa shape index (κ1) is 115. The number of ether oxygens (including phenoxy) is 2. The van der Waals surface area contributed by atoms with E-state index >= 15 is 24.0 Å². The number of carbonyl (C=O) groups is 14. The number of nitrogens with zero attached hydrogens (tertiary/aromatic N) is 2. The van der Waals surface area contributed by atoms with E-state index in [1.54, 1.807) is 100 Å². The van der Waals surface area contributed by atoms with Crippen molar-refractivity contribution < 1.29 is 107 Å². The van der Waals surface area contributed by atoms with Gasteiger partial charge in [0.1, 0.15) is 72.8 Å². The number of amides is 13. The lowest BCUT2D eigenvalue weighted by Crippen LogP contribution is -2.62. The molecular weight excluding hydrogens is 1760 g/mol. The molecule has 16 atom stereocenters. The van der Waals surface area contributed by atoms with E-state index in [1.807, 2.05) is 18.2 Å². The summed E-state index contributed by atoms with van der Waals surface area (Å²) in [7, 11) is 0. The third-order valence-electron chi connectivity index (χ3n) is 24.9. The number of primary amides is 1. The molecule has 13 amide bonds. The Labute approximate surface area is 805 Å². The van der Waals surface area contributed by atoms with Crippen molar-refractivity contribution in [2.75, 3.05) is 39.4 Å². The van der Waals surface area contributed by atoms with Crippen LogP contribution in [0, 0.1) is 11.8 Å². The van der Waals surface area contributed by atoms with E-state index in [2.05, 4.69) is 75.4 Å². The van der Waals surface area contributed by atoms with E-state index in [0.29, 0.717) is 61.9 Å². The summed E-state index contributed by atoms with van der Waals surface area (Å²) in [4.78, 5) is 206. The van der Waals surface area contributed by atoms with Gasteiger partial charge in [-0.15, -0.1) is 0 Å². The van der Waals surface area contributed by atoms with E-state index in [1.165, 1.54) is 88.6 Å². The third kappa shape index (κ3) is 43.0. The average molecular weight is 1920 g/mol. The highest BCUT2D eigenvalue weighted by Crippen LogP contribution is 2.33. The number of rotatable bonds is 69. The van der Waals surface area contributed by atoms with Gasteiger partial charge in [0.25, 0.3) is 0 Å². The van der Waals surface area contributed by atoms with E-state index in [0.717, 1.165) is 31.2 Å². The average Bonchev–Trinajstić information content (AvgIpc) is 1.12. The lowest BCUT2D eigenvalue weighted by atomic mass is 9.84. The van der Waals surface area contributed by atoms with Gasteiger partial charge in [-0.2, -0.15) is 0 Å². The lowest BCUT2D eigenvalue weighted by Gasteiger charge is -2.39. The molecule has 2 fully saturated rings. The Morgan fingerprint density at radius 1 is 0.504 bits per heavy atom. The highest BCUT2D eigenvalue weighted by molar-refractivity contribution is 5.99. The number of aliphatic hydroxyl groups excluding tert-OH is 5. The largest absolute Gasteiger partial charge is 0.481 e. The van der Waals surface area contributed by atoms with Gasteiger partial charge >= 0.3 is 5.97 Å². The minimum Gasteiger partial charge on any atom is -0.481 e. The van der Waals surface area contributed by atoms with Crippen molar-refractivity contribution in [1.29, 1.82) is 0 Å². The molecule has 2 aliphatic heterocycles. The predicted octanol–water partition coefficient (Wildman–Crippen LogP) is 5.44. The summed E-state index contributed by atoms with van der Waals surface area (Å²) in [6.07, 6.45) is 12.3. The molecule has 2 aliphatic rings. The van der Waals surface area contributed by atoms with Crippen LogP contribution in [0.4, 0.5) is 0 Å². The number of unbranched alkanes of at least 4 members (excludes halogenated alkanes) is 16. The number of carboxylic acids is 1. The van der Waals surface area contributed by atoms with Gasteiger partial charge in [-0.05, 0) is 125 Å². The number of nitrogens with one attached hydrogen (secondary N) is 12. The first-order chi connectivity index (χ1) is 65.8. The normalized spacial score (nSPS) is 18.0. The van der Waals surface area contributed by atoms with Crippen LogP contribution in [0.15, 0.2) is 104 Å². The number of aliphatic carboxylic acids is 1. The van der Waals surface area contributed by atoms with Crippen molar-refractivity contribution >= 4 is 82.8 Å². The number of carbonyl (C=O) groups excluding carboxylic acids is 13. The summed E-state index contributed by atoms with van der Waals surface area (Å²) in [6, 6.07) is 13.6. The molecule has 0 unspecified atom stereocenters. The molecule has 0 bridgehead atoms. The van der Waals surface area contributed by atoms with Gasteiger partial charge < -0.3 is 114 Å². The zero-order valence-corrected chi connectivity index (χ0v) is 80.9. The van der Waals surface area contributed by atoms with Crippen LogP contribution < -0.4 is 64.2 Å². The van der Waals surface area contributed by atoms with Crippen LogP contribution in [0.3, 0.4) is 0 Å². The molecule has 37 heteroatoms. The molecular formula is C100H155N15O22. The quantitative estimate of drug-likeness (QED) is 0.0245. The molecule has 1 aromatic heterocycles. The summed E-state index contributed by atoms with van der Waals surface area (Å²) in [5.74, 6) is -12.0. The number of aromatic amines is 1. The van der Waals surface area contributed by atoms with Gasteiger partial charge in [0.2, 0.25) is 76.8 Å². The van der Waals surface area contributed by atoms with E-state index in [9.17, 15) is 73.8 Å².